The number of ether oxygens (including phenoxy) is 1. The van der Waals surface area contributed by atoms with Gasteiger partial charge in [0.25, 0.3) is 0 Å². The maximum Gasteiger partial charge on any atom is 0.234 e. The third-order valence-electron chi connectivity index (χ3n) is 4.76. The second-order valence-corrected chi connectivity index (χ2v) is 8.66. The summed E-state index contributed by atoms with van der Waals surface area (Å²) in [6, 6.07) is 18.8. The van der Waals surface area contributed by atoms with Crippen molar-refractivity contribution >= 4 is 57.3 Å². The summed E-state index contributed by atoms with van der Waals surface area (Å²) < 4.78 is 7.69. The van der Waals surface area contributed by atoms with Crippen LogP contribution in [-0.4, -0.2) is 26.4 Å². The van der Waals surface area contributed by atoms with Crippen molar-refractivity contribution in [2.45, 2.75) is 25.2 Å². The summed E-state index contributed by atoms with van der Waals surface area (Å²) in [4.78, 5) is 12.6. The molecule has 0 atom stereocenters. The van der Waals surface area contributed by atoms with Crippen LogP contribution < -0.4 is 10.1 Å². The highest BCUT2D eigenvalue weighted by Crippen LogP contribution is 2.29. The predicted octanol–water partition coefficient (Wildman–Crippen LogP) is 6.07. The normalized spacial score (nSPS) is 11.0. The van der Waals surface area contributed by atoms with E-state index in [1.165, 1.54) is 11.8 Å². The molecule has 1 amide bonds. The Morgan fingerprint density at radius 3 is 2.75 bits per heavy atom. The molecule has 9 heteroatoms. The fourth-order valence-corrected chi connectivity index (χ4v) is 4.39. The molecule has 0 aliphatic carbocycles. The van der Waals surface area contributed by atoms with Gasteiger partial charge in [0.2, 0.25) is 5.91 Å². The first-order valence-electron chi connectivity index (χ1n) is 9.95. The molecule has 164 valence electrons. The van der Waals surface area contributed by atoms with Crippen LogP contribution in [0.3, 0.4) is 0 Å². The summed E-state index contributed by atoms with van der Waals surface area (Å²) >= 11 is 13.5. The molecule has 0 aliphatic rings. The third kappa shape index (κ3) is 5.18. The topological polar surface area (TPSA) is 69.0 Å². The molecule has 4 rings (SSSR count). The van der Waals surface area contributed by atoms with E-state index in [-0.39, 0.29) is 18.3 Å². The highest BCUT2D eigenvalue weighted by atomic mass is 35.5. The fraction of sp³-hybridized carbons (Fsp3) is 0.174. The van der Waals surface area contributed by atoms with Gasteiger partial charge >= 0.3 is 0 Å². The molecule has 3 aromatic carbocycles. The Labute approximate surface area is 199 Å². The first kappa shape index (κ1) is 22.5. The highest BCUT2D eigenvalue weighted by Gasteiger charge is 2.15. The molecule has 1 heterocycles. The van der Waals surface area contributed by atoms with E-state index in [1.807, 2.05) is 54.0 Å². The quantitative estimate of drug-likeness (QED) is 0.306. The lowest BCUT2D eigenvalue weighted by Crippen LogP contribution is -2.15. The van der Waals surface area contributed by atoms with Gasteiger partial charge in [-0.05, 0) is 30.5 Å². The number of anilines is 1. The van der Waals surface area contributed by atoms with Gasteiger partial charge in [0.1, 0.15) is 12.4 Å². The Morgan fingerprint density at radius 1 is 1.09 bits per heavy atom. The summed E-state index contributed by atoms with van der Waals surface area (Å²) in [5.74, 6) is 1.22. The lowest BCUT2D eigenvalue weighted by atomic mass is 10.1. The summed E-state index contributed by atoms with van der Waals surface area (Å²) in [5, 5.41) is 15.2. The van der Waals surface area contributed by atoms with Crippen molar-refractivity contribution in [2.24, 2.45) is 0 Å². The van der Waals surface area contributed by atoms with Gasteiger partial charge in [-0.3, -0.25) is 4.79 Å². The number of carbonyl (C=O) groups is 1. The SMILES string of the molecule is CCn1c(COc2cc(Cl)ccc2Cl)nnc1SCC(=O)Nc1cccc2ccccc12. The molecule has 0 radical (unpaired) electrons. The van der Waals surface area contributed by atoms with Gasteiger partial charge in [-0.1, -0.05) is 71.4 Å². The number of amides is 1. The van der Waals surface area contributed by atoms with Crippen LogP contribution in [-0.2, 0) is 17.9 Å². The molecule has 0 bridgehead atoms. The van der Waals surface area contributed by atoms with E-state index in [2.05, 4.69) is 15.5 Å². The van der Waals surface area contributed by atoms with Crippen LogP contribution in [0.25, 0.3) is 10.8 Å². The van der Waals surface area contributed by atoms with Crippen LogP contribution in [0.4, 0.5) is 5.69 Å². The van der Waals surface area contributed by atoms with Crippen molar-refractivity contribution in [3.05, 3.63) is 76.5 Å². The van der Waals surface area contributed by atoms with Gasteiger partial charge < -0.3 is 14.6 Å². The molecule has 4 aromatic rings. The van der Waals surface area contributed by atoms with Gasteiger partial charge in [0, 0.05) is 28.7 Å². The summed E-state index contributed by atoms with van der Waals surface area (Å²) in [6.45, 7) is 2.81. The predicted molar refractivity (Wildman–Crippen MR) is 130 cm³/mol. The Balaban J connectivity index is 1.39. The van der Waals surface area contributed by atoms with Crippen molar-refractivity contribution in [1.82, 2.24) is 14.8 Å². The molecule has 6 nitrogen and oxygen atoms in total. The number of rotatable bonds is 8. The summed E-state index contributed by atoms with van der Waals surface area (Å²) in [6.07, 6.45) is 0. The minimum Gasteiger partial charge on any atom is -0.484 e. The van der Waals surface area contributed by atoms with E-state index >= 15 is 0 Å². The number of nitrogens with zero attached hydrogens (tertiary/aromatic N) is 3. The average molecular weight is 487 g/mol. The zero-order valence-electron chi connectivity index (χ0n) is 17.2. The van der Waals surface area contributed by atoms with Crippen molar-refractivity contribution in [1.29, 1.82) is 0 Å². The van der Waals surface area contributed by atoms with E-state index in [4.69, 9.17) is 27.9 Å². The van der Waals surface area contributed by atoms with E-state index in [0.29, 0.717) is 33.3 Å². The number of aromatic nitrogens is 3. The van der Waals surface area contributed by atoms with E-state index in [9.17, 15) is 4.79 Å². The van der Waals surface area contributed by atoms with Crippen molar-refractivity contribution < 1.29 is 9.53 Å². The van der Waals surface area contributed by atoms with Crippen LogP contribution in [0.2, 0.25) is 10.0 Å². The Bertz CT molecular complexity index is 1260. The van der Waals surface area contributed by atoms with E-state index in [1.54, 1.807) is 18.2 Å². The molecule has 32 heavy (non-hydrogen) atoms. The third-order valence-corrected chi connectivity index (χ3v) is 6.27. The second-order valence-electron chi connectivity index (χ2n) is 6.87. The van der Waals surface area contributed by atoms with E-state index in [0.717, 1.165) is 16.5 Å². The molecular formula is C23H20Cl2N4O2S. The number of hydrogen-bond acceptors (Lipinski definition) is 5. The van der Waals surface area contributed by atoms with E-state index < -0.39 is 0 Å². The van der Waals surface area contributed by atoms with Crippen LogP contribution >= 0.6 is 35.0 Å². The van der Waals surface area contributed by atoms with Crippen molar-refractivity contribution in [3.63, 3.8) is 0 Å². The number of carbonyl (C=O) groups excluding carboxylic acids is 1. The maximum absolute atomic E-state index is 12.6. The van der Waals surface area contributed by atoms with Gasteiger partial charge in [-0.25, -0.2) is 0 Å². The standard InChI is InChI=1S/C23H20Cl2N4O2S/c1-2-29-21(13-31-20-12-16(24)10-11-18(20)25)27-28-23(29)32-14-22(30)26-19-9-5-7-15-6-3-4-8-17(15)19/h3-12H,2,13-14H2,1H3,(H,26,30). The Kier molecular flexibility index (Phi) is 7.19. The molecule has 0 fully saturated rings. The van der Waals surface area contributed by atoms with Gasteiger partial charge in [0.05, 0.1) is 10.8 Å². The lowest BCUT2D eigenvalue weighted by molar-refractivity contribution is -0.113. The monoisotopic (exact) mass is 486 g/mol. The molecular weight excluding hydrogens is 467 g/mol. The molecule has 1 N–H and O–H groups in total. The zero-order valence-corrected chi connectivity index (χ0v) is 19.5. The number of hydrogen-bond donors (Lipinski definition) is 1. The van der Waals surface area contributed by atoms with Gasteiger partial charge in [-0.2, -0.15) is 0 Å². The van der Waals surface area contributed by atoms with Crippen LogP contribution in [0.1, 0.15) is 12.7 Å². The highest BCUT2D eigenvalue weighted by molar-refractivity contribution is 7.99. The Morgan fingerprint density at radius 2 is 1.91 bits per heavy atom. The van der Waals surface area contributed by atoms with Gasteiger partial charge in [0.15, 0.2) is 11.0 Å². The minimum absolute atomic E-state index is 0.111. The number of fused-ring (bicyclic) bond motifs is 1. The second kappa shape index (κ2) is 10.3. The number of halogens is 2. The molecule has 0 unspecified atom stereocenters. The van der Waals surface area contributed by atoms with Crippen LogP contribution in [0, 0.1) is 0 Å². The van der Waals surface area contributed by atoms with Gasteiger partial charge in [-0.15, -0.1) is 10.2 Å². The number of nitrogens with one attached hydrogen (secondary N) is 1. The first-order valence-corrected chi connectivity index (χ1v) is 11.7. The van der Waals surface area contributed by atoms with Crippen molar-refractivity contribution in [3.8, 4) is 5.75 Å². The number of benzene rings is 3. The maximum atomic E-state index is 12.6. The van der Waals surface area contributed by atoms with Crippen LogP contribution in [0.5, 0.6) is 5.75 Å². The Hall–Kier alpha value is -2.74. The average Bonchev–Trinajstić information content (AvgIpc) is 3.20. The molecule has 0 saturated carbocycles. The summed E-state index contributed by atoms with van der Waals surface area (Å²) in [5.41, 5.74) is 0.790. The van der Waals surface area contributed by atoms with Crippen LogP contribution in [0.15, 0.2) is 65.8 Å². The smallest absolute Gasteiger partial charge is 0.234 e. The minimum atomic E-state index is -0.111. The molecule has 0 saturated heterocycles. The largest absolute Gasteiger partial charge is 0.484 e. The lowest BCUT2D eigenvalue weighted by Gasteiger charge is -2.11. The zero-order chi connectivity index (χ0) is 22.5. The molecule has 0 spiro atoms. The molecule has 1 aromatic heterocycles. The van der Waals surface area contributed by atoms with Crippen molar-refractivity contribution in [2.75, 3.05) is 11.1 Å². The molecule has 0 aliphatic heterocycles. The first-order chi connectivity index (χ1) is 15.5. The fourth-order valence-electron chi connectivity index (χ4n) is 3.23. The number of thioether (sulfide) groups is 1. The summed E-state index contributed by atoms with van der Waals surface area (Å²) in [7, 11) is 0.